The zero-order valence-electron chi connectivity index (χ0n) is 19.7. The van der Waals surface area contributed by atoms with Crippen LogP contribution in [0.1, 0.15) is 44.1 Å². The number of esters is 2. The van der Waals surface area contributed by atoms with Crippen LogP contribution in [0.15, 0.2) is 14.6 Å². The van der Waals surface area contributed by atoms with Gasteiger partial charge in [-0.1, -0.05) is 6.92 Å². The Morgan fingerprint density at radius 1 is 1.06 bits per heavy atom. The third-order valence-electron chi connectivity index (χ3n) is 5.15. The molecule has 34 heavy (non-hydrogen) atoms. The minimum absolute atomic E-state index is 0.0288. The summed E-state index contributed by atoms with van der Waals surface area (Å²) in [6, 6.07) is 0. The molecule has 0 radical (unpaired) electrons. The van der Waals surface area contributed by atoms with E-state index in [-0.39, 0.29) is 34.7 Å². The fourth-order valence-electron chi connectivity index (χ4n) is 3.38. The predicted octanol–water partition coefficient (Wildman–Crippen LogP) is 0.410. The van der Waals surface area contributed by atoms with Crippen LogP contribution in [0, 0.1) is 5.92 Å². The molecule has 0 bridgehead atoms. The Hall–Kier alpha value is -3.35. The van der Waals surface area contributed by atoms with Crippen molar-refractivity contribution in [1.29, 1.82) is 0 Å². The molecule has 2 rings (SSSR count). The smallest absolute Gasteiger partial charge is 0.332 e. The average Bonchev–Trinajstić information content (AvgIpc) is 2.80. The lowest BCUT2D eigenvalue weighted by molar-refractivity contribution is -0.170. The number of nitrogens with zero attached hydrogens (tertiary/aromatic N) is 4. The number of aldehydes is 1. The molecule has 0 aliphatic heterocycles. The molecule has 0 fully saturated rings. The lowest BCUT2D eigenvalue weighted by Crippen LogP contribution is -2.40. The maximum Gasteiger partial charge on any atom is 0.332 e. The average molecular weight is 495 g/mol. The molecule has 0 aliphatic carbocycles. The summed E-state index contributed by atoms with van der Waals surface area (Å²) in [4.78, 5) is 80.5. The third kappa shape index (κ3) is 5.76. The van der Waals surface area contributed by atoms with Crippen LogP contribution in [0.5, 0.6) is 0 Å². The van der Waals surface area contributed by atoms with Gasteiger partial charge in [-0.2, -0.15) is 0 Å². The number of Topliss-reactive ketones (excluding diaryl/α,β-unsaturated/α-hetero) is 1. The zero-order chi connectivity index (χ0) is 25.7. The number of fused-ring (bicyclic) bond motifs is 1. The molecule has 0 amide bonds. The molecule has 0 aromatic carbocycles. The Morgan fingerprint density at radius 3 is 2.21 bits per heavy atom. The van der Waals surface area contributed by atoms with Crippen LogP contribution in [0.25, 0.3) is 11.2 Å². The van der Waals surface area contributed by atoms with Gasteiger partial charge in [-0.25, -0.2) is 14.8 Å². The molecule has 13 heteroatoms. The number of hydrogen-bond acceptors (Lipinski definition) is 11. The summed E-state index contributed by atoms with van der Waals surface area (Å²) < 4.78 is 12.2. The van der Waals surface area contributed by atoms with E-state index < -0.39 is 47.1 Å². The van der Waals surface area contributed by atoms with Gasteiger partial charge in [0.15, 0.2) is 29.3 Å². The van der Waals surface area contributed by atoms with Crippen LogP contribution in [-0.4, -0.2) is 61.6 Å². The summed E-state index contributed by atoms with van der Waals surface area (Å²) in [5.41, 5.74) is -1.33. The highest BCUT2D eigenvalue weighted by Crippen LogP contribution is 2.24. The Bertz CT molecular complexity index is 1250. The van der Waals surface area contributed by atoms with Gasteiger partial charge in [0.1, 0.15) is 16.8 Å². The zero-order valence-corrected chi connectivity index (χ0v) is 20.5. The third-order valence-corrected chi connectivity index (χ3v) is 5.82. The van der Waals surface area contributed by atoms with E-state index in [4.69, 9.17) is 9.47 Å². The summed E-state index contributed by atoms with van der Waals surface area (Å²) in [7, 11) is 2.76. The second kappa shape index (κ2) is 11.2. The molecular weight excluding hydrogens is 468 g/mol. The Kier molecular flexibility index (Phi) is 8.85. The van der Waals surface area contributed by atoms with Gasteiger partial charge in [-0.15, -0.1) is 11.8 Å². The number of aryl methyl sites for hydroxylation is 1. The maximum absolute atomic E-state index is 13.0. The number of carbonyl (C=O) groups excluding carboxylic acids is 4. The van der Waals surface area contributed by atoms with Gasteiger partial charge in [0.25, 0.3) is 5.56 Å². The molecule has 2 heterocycles. The molecule has 3 atom stereocenters. The van der Waals surface area contributed by atoms with Crippen LogP contribution in [0.3, 0.4) is 0 Å². The molecule has 184 valence electrons. The summed E-state index contributed by atoms with van der Waals surface area (Å²) in [5, 5.41) is 0.246. The quantitative estimate of drug-likeness (QED) is 0.195. The van der Waals surface area contributed by atoms with Gasteiger partial charge in [0, 0.05) is 34.4 Å². The molecule has 2 aromatic rings. The van der Waals surface area contributed by atoms with Crippen LogP contribution in [0.2, 0.25) is 0 Å². The van der Waals surface area contributed by atoms with Crippen molar-refractivity contribution < 1.29 is 28.7 Å². The largest absolute Gasteiger partial charge is 0.458 e. The summed E-state index contributed by atoms with van der Waals surface area (Å²) in [6.07, 6.45) is -0.285. The Labute approximate surface area is 198 Å². The Balaban J connectivity index is 2.36. The summed E-state index contributed by atoms with van der Waals surface area (Å²) >= 11 is 1.14. The van der Waals surface area contributed by atoms with Crippen molar-refractivity contribution in [1.82, 2.24) is 19.1 Å². The topological polar surface area (TPSA) is 157 Å². The van der Waals surface area contributed by atoms with Gasteiger partial charge < -0.3 is 9.47 Å². The number of aromatic nitrogens is 4. The monoisotopic (exact) mass is 494 g/mol. The van der Waals surface area contributed by atoms with Gasteiger partial charge in [0.05, 0.1) is 0 Å². The van der Waals surface area contributed by atoms with Gasteiger partial charge in [-0.3, -0.25) is 33.1 Å². The SMILES string of the molecule is CSc1nc2c(nc1C(=O)CC[C@H](C)C(OC(C)=O)C(C=O)OC(C)=O)c(=O)n(C)c(=O)n2C. The molecular formula is C21H26N4O8S. The van der Waals surface area contributed by atoms with Gasteiger partial charge in [0.2, 0.25) is 0 Å². The second-order valence-electron chi connectivity index (χ2n) is 7.68. The van der Waals surface area contributed by atoms with Crippen LogP contribution in [-0.2, 0) is 38.0 Å². The summed E-state index contributed by atoms with van der Waals surface area (Å²) in [6.45, 7) is 3.93. The predicted molar refractivity (Wildman–Crippen MR) is 122 cm³/mol. The van der Waals surface area contributed by atoms with E-state index in [2.05, 4.69) is 9.97 Å². The van der Waals surface area contributed by atoms with E-state index in [0.29, 0.717) is 6.29 Å². The molecule has 0 spiro atoms. The Morgan fingerprint density at radius 2 is 1.68 bits per heavy atom. The fraction of sp³-hybridized carbons (Fsp3) is 0.524. The minimum atomic E-state index is -1.32. The van der Waals surface area contributed by atoms with Crippen molar-refractivity contribution in [3.05, 3.63) is 26.5 Å². The van der Waals surface area contributed by atoms with E-state index >= 15 is 0 Å². The fourth-order valence-corrected chi connectivity index (χ4v) is 3.91. The van der Waals surface area contributed by atoms with Crippen molar-refractivity contribution >= 4 is 46.9 Å². The number of rotatable bonds is 10. The molecule has 0 saturated heterocycles. The maximum atomic E-state index is 13.0. The lowest BCUT2D eigenvalue weighted by Gasteiger charge is -2.27. The van der Waals surface area contributed by atoms with Gasteiger partial charge >= 0.3 is 17.6 Å². The first-order valence-electron chi connectivity index (χ1n) is 10.3. The minimum Gasteiger partial charge on any atom is -0.458 e. The van der Waals surface area contributed by atoms with Crippen LogP contribution < -0.4 is 11.2 Å². The number of ether oxygens (including phenoxy) is 2. The van der Waals surface area contributed by atoms with Crippen molar-refractivity contribution in [3.8, 4) is 0 Å². The standard InChI is InChI=1S/C21H26N4O8S/c1-10(17(33-12(3)28)14(9-26)32-11(2)27)7-8-13(29)15-19(34-6)23-18-16(22-15)20(30)25(5)21(31)24(18)4/h9-10,14,17H,7-8H2,1-6H3/t10-,14?,17?/m0/s1. The molecule has 2 unspecified atom stereocenters. The van der Waals surface area contributed by atoms with E-state index in [1.165, 1.54) is 18.7 Å². The molecule has 0 aliphatic rings. The number of thioether (sulfide) groups is 1. The molecule has 12 nitrogen and oxygen atoms in total. The van der Waals surface area contributed by atoms with Crippen molar-refractivity contribution in [2.75, 3.05) is 6.26 Å². The highest BCUT2D eigenvalue weighted by atomic mass is 32.2. The molecule has 2 aromatic heterocycles. The highest BCUT2D eigenvalue weighted by molar-refractivity contribution is 7.98. The van der Waals surface area contributed by atoms with E-state index in [1.54, 1.807) is 13.2 Å². The first kappa shape index (κ1) is 26.9. The lowest BCUT2D eigenvalue weighted by atomic mass is 9.93. The summed E-state index contributed by atoms with van der Waals surface area (Å²) in [5.74, 6) is -2.36. The highest BCUT2D eigenvalue weighted by Gasteiger charge is 2.32. The number of ketones is 1. The van der Waals surface area contributed by atoms with Gasteiger partial charge in [-0.05, 0) is 18.6 Å². The van der Waals surface area contributed by atoms with E-state index in [9.17, 15) is 28.8 Å². The van der Waals surface area contributed by atoms with Crippen LogP contribution in [0.4, 0.5) is 0 Å². The first-order valence-corrected chi connectivity index (χ1v) is 11.5. The second-order valence-corrected chi connectivity index (χ2v) is 8.48. The molecule has 0 saturated carbocycles. The number of carbonyl (C=O) groups is 4. The molecule has 0 N–H and O–H groups in total. The number of hydrogen-bond donors (Lipinski definition) is 0. The van der Waals surface area contributed by atoms with Crippen molar-refractivity contribution in [3.63, 3.8) is 0 Å². The van der Waals surface area contributed by atoms with Crippen LogP contribution >= 0.6 is 11.8 Å². The van der Waals surface area contributed by atoms with Crippen molar-refractivity contribution in [2.45, 2.75) is 50.8 Å². The van der Waals surface area contributed by atoms with E-state index in [1.807, 2.05) is 0 Å². The van der Waals surface area contributed by atoms with Crippen molar-refractivity contribution in [2.24, 2.45) is 20.0 Å². The normalized spacial score (nSPS) is 13.7. The first-order chi connectivity index (χ1) is 15.9. The van der Waals surface area contributed by atoms with E-state index in [0.717, 1.165) is 30.2 Å².